The summed E-state index contributed by atoms with van der Waals surface area (Å²) >= 11 is 0. The van der Waals surface area contributed by atoms with Crippen LogP contribution in [0.1, 0.15) is 25.7 Å². The van der Waals surface area contributed by atoms with Crippen molar-refractivity contribution >= 4 is 12.0 Å². The largest absolute Gasteiger partial charge is 0.481 e. The molecule has 122 valence electrons. The minimum Gasteiger partial charge on any atom is -0.481 e. The summed E-state index contributed by atoms with van der Waals surface area (Å²) in [6, 6.07) is -0.830. The first-order valence-electron chi connectivity index (χ1n) is 6.70. The molecule has 2 N–H and O–H groups in total. The zero-order valence-corrected chi connectivity index (χ0v) is 11.5. The predicted octanol–water partition coefficient (Wildman–Crippen LogP) is 1.60. The first-order valence-corrected chi connectivity index (χ1v) is 6.70. The Kier molecular flexibility index (Phi) is 6.73. The number of alkyl halides is 3. The third kappa shape index (κ3) is 7.16. The van der Waals surface area contributed by atoms with Crippen molar-refractivity contribution in [1.82, 2.24) is 10.2 Å². The van der Waals surface area contributed by atoms with Crippen molar-refractivity contribution in [2.75, 3.05) is 26.3 Å². The molecule has 21 heavy (non-hydrogen) atoms. The maximum absolute atomic E-state index is 11.9. The molecule has 1 atom stereocenters. The molecule has 1 aliphatic rings. The molecular weight excluding hydrogens is 293 g/mol. The molecule has 0 aromatic heterocycles. The third-order valence-electron chi connectivity index (χ3n) is 3.09. The third-order valence-corrected chi connectivity index (χ3v) is 3.09. The lowest BCUT2D eigenvalue weighted by molar-refractivity contribution is -0.173. The number of rotatable bonds is 6. The van der Waals surface area contributed by atoms with E-state index in [1.807, 2.05) is 0 Å². The van der Waals surface area contributed by atoms with Crippen LogP contribution in [0.4, 0.5) is 18.0 Å². The van der Waals surface area contributed by atoms with E-state index in [9.17, 15) is 22.8 Å². The molecule has 1 saturated heterocycles. The molecule has 0 aromatic rings. The average Bonchev–Trinajstić information content (AvgIpc) is 2.36. The maximum atomic E-state index is 11.9. The highest BCUT2D eigenvalue weighted by molar-refractivity contribution is 5.76. The highest BCUT2D eigenvalue weighted by atomic mass is 19.4. The number of piperidine rings is 1. The van der Waals surface area contributed by atoms with Gasteiger partial charge in [-0.2, -0.15) is 13.2 Å². The van der Waals surface area contributed by atoms with Gasteiger partial charge in [-0.25, -0.2) is 4.79 Å². The number of urea groups is 1. The zero-order valence-electron chi connectivity index (χ0n) is 11.5. The predicted molar refractivity (Wildman–Crippen MR) is 66.9 cm³/mol. The second kappa shape index (κ2) is 8.06. The number of hydrogen-bond donors (Lipinski definition) is 2. The van der Waals surface area contributed by atoms with Gasteiger partial charge in [-0.15, -0.1) is 0 Å². The summed E-state index contributed by atoms with van der Waals surface area (Å²) in [6.45, 7) is -1.20. The Labute approximate surface area is 120 Å². The number of halogens is 3. The van der Waals surface area contributed by atoms with Crippen LogP contribution in [-0.2, 0) is 9.53 Å². The van der Waals surface area contributed by atoms with Crippen molar-refractivity contribution in [2.24, 2.45) is 0 Å². The average molecular weight is 312 g/mol. The molecular formula is C12H19F3N2O4. The van der Waals surface area contributed by atoms with Crippen LogP contribution in [0.25, 0.3) is 0 Å². The monoisotopic (exact) mass is 312 g/mol. The summed E-state index contributed by atoms with van der Waals surface area (Å²) < 4.78 is 39.9. The fourth-order valence-electron chi connectivity index (χ4n) is 2.20. The normalized spacial score (nSPS) is 19.4. The number of likely N-dealkylation sites (tertiary alicyclic amines) is 1. The number of carboxylic acid groups (broad SMARTS) is 1. The van der Waals surface area contributed by atoms with Gasteiger partial charge in [-0.3, -0.25) is 4.79 Å². The van der Waals surface area contributed by atoms with Gasteiger partial charge in [0.15, 0.2) is 0 Å². The van der Waals surface area contributed by atoms with E-state index < -0.39 is 24.8 Å². The lowest BCUT2D eigenvalue weighted by Crippen LogP contribution is -2.50. The molecule has 0 aromatic carbocycles. The summed E-state index contributed by atoms with van der Waals surface area (Å²) in [7, 11) is 0. The number of carbonyl (C=O) groups excluding carboxylic acids is 1. The number of hydrogen-bond acceptors (Lipinski definition) is 3. The molecule has 0 saturated carbocycles. The Bertz CT molecular complexity index is 363. The van der Waals surface area contributed by atoms with E-state index >= 15 is 0 Å². The summed E-state index contributed by atoms with van der Waals surface area (Å²) in [4.78, 5) is 24.1. The van der Waals surface area contributed by atoms with Crippen LogP contribution >= 0.6 is 0 Å². The number of nitrogens with one attached hydrogen (secondary N) is 1. The molecule has 1 aliphatic heterocycles. The Morgan fingerprint density at radius 2 is 2.05 bits per heavy atom. The molecule has 0 radical (unpaired) electrons. The smallest absolute Gasteiger partial charge is 0.411 e. The number of carbonyl (C=O) groups is 2. The second-order valence-corrected chi connectivity index (χ2v) is 4.84. The van der Waals surface area contributed by atoms with Crippen LogP contribution in [0.3, 0.4) is 0 Å². The molecule has 1 heterocycles. The van der Waals surface area contributed by atoms with Crippen molar-refractivity contribution in [2.45, 2.75) is 37.9 Å². The molecule has 1 fully saturated rings. The first kappa shape index (κ1) is 17.5. The Morgan fingerprint density at radius 3 is 2.67 bits per heavy atom. The molecule has 6 nitrogen and oxygen atoms in total. The van der Waals surface area contributed by atoms with Gasteiger partial charge in [0.1, 0.15) is 6.61 Å². The molecule has 0 spiro atoms. The summed E-state index contributed by atoms with van der Waals surface area (Å²) in [5.74, 6) is -0.979. The minimum absolute atomic E-state index is 0.0504. The van der Waals surface area contributed by atoms with E-state index in [-0.39, 0.29) is 25.6 Å². The number of aliphatic carboxylic acids is 1. The van der Waals surface area contributed by atoms with Gasteiger partial charge >= 0.3 is 18.2 Å². The standard InChI is InChI=1S/C12H19F3N2O4/c13-12(14,15)8-21-6-4-16-11(20)17-5-2-1-3-9(17)7-10(18)19/h9H,1-8H2,(H,16,20)(H,18,19). The lowest BCUT2D eigenvalue weighted by atomic mass is 10.00. The van der Waals surface area contributed by atoms with Crippen LogP contribution in [0, 0.1) is 0 Å². The van der Waals surface area contributed by atoms with Crippen molar-refractivity contribution in [3.8, 4) is 0 Å². The first-order chi connectivity index (χ1) is 9.79. The van der Waals surface area contributed by atoms with E-state index in [4.69, 9.17) is 5.11 Å². The van der Waals surface area contributed by atoms with Crippen LogP contribution in [0.5, 0.6) is 0 Å². The van der Waals surface area contributed by atoms with Gasteiger partial charge in [0.05, 0.1) is 13.0 Å². The van der Waals surface area contributed by atoms with E-state index in [0.29, 0.717) is 13.0 Å². The van der Waals surface area contributed by atoms with Gasteiger partial charge in [0.2, 0.25) is 0 Å². The van der Waals surface area contributed by atoms with Gasteiger partial charge in [0.25, 0.3) is 0 Å². The van der Waals surface area contributed by atoms with Gasteiger partial charge < -0.3 is 20.1 Å². The maximum Gasteiger partial charge on any atom is 0.411 e. The van der Waals surface area contributed by atoms with Crippen LogP contribution in [-0.4, -0.2) is 60.5 Å². The lowest BCUT2D eigenvalue weighted by Gasteiger charge is -2.34. The number of amides is 2. The molecule has 2 amide bonds. The summed E-state index contributed by atoms with van der Waals surface area (Å²) in [6.07, 6.45) is -2.25. The Morgan fingerprint density at radius 1 is 1.33 bits per heavy atom. The Hall–Kier alpha value is -1.51. The van der Waals surface area contributed by atoms with Crippen LogP contribution < -0.4 is 5.32 Å². The molecule has 9 heteroatoms. The number of ether oxygens (including phenoxy) is 1. The number of carboxylic acids is 1. The van der Waals surface area contributed by atoms with E-state index in [1.165, 1.54) is 4.90 Å². The zero-order chi connectivity index (χ0) is 15.9. The van der Waals surface area contributed by atoms with Crippen molar-refractivity contribution in [1.29, 1.82) is 0 Å². The highest BCUT2D eigenvalue weighted by Gasteiger charge is 2.29. The minimum atomic E-state index is -4.39. The van der Waals surface area contributed by atoms with Crippen LogP contribution in [0.15, 0.2) is 0 Å². The SMILES string of the molecule is O=C(O)CC1CCCCN1C(=O)NCCOCC(F)(F)F. The van der Waals surface area contributed by atoms with Gasteiger partial charge in [0, 0.05) is 19.1 Å². The molecule has 0 bridgehead atoms. The van der Waals surface area contributed by atoms with Crippen molar-refractivity contribution in [3.63, 3.8) is 0 Å². The van der Waals surface area contributed by atoms with E-state index in [2.05, 4.69) is 10.1 Å². The molecule has 0 aliphatic carbocycles. The van der Waals surface area contributed by atoms with Gasteiger partial charge in [-0.1, -0.05) is 0 Å². The van der Waals surface area contributed by atoms with E-state index in [1.54, 1.807) is 0 Å². The fourth-order valence-corrected chi connectivity index (χ4v) is 2.20. The summed E-state index contributed by atoms with van der Waals surface area (Å²) in [5.41, 5.74) is 0. The van der Waals surface area contributed by atoms with E-state index in [0.717, 1.165) is 12.8 Å². The summed E-state index contributed by atoms with van der Waals surface area (Å²) in [5, 5.41) is 11.2. The topological polar surface area (TPSA) is 78.9 Å². The van der Waals surface area contributed by atoms with Crippen LogP contribution in [0.2, 0.25) is 0 Å². The van der Waals surface area contributed by atoms with Crippen molar-refractivity contribution < 1.29 is 32.6 Å². The Balaban J connectivity index is 2.30. The fraction of sp³-hybridized carbons (Fsp3) is 0.833. The second-order valence-electron chi connectivity index (χ2n) is 4.84. The number of nitrogens with zero attached hydrogens (tertiary/aromatic N) is 1. The van der Waals surface area contributed by atoms with Gasteiger partial charge in [-0.05, 0) is 19.3 Å². The quantitative estimate of drug-likeness (QED) is 0.730. The molecule has 1 rings (SSSR count). The van der Waals surface area contributed by atoms with Crippen molar-refractivity contribution in [3.05, 3.63) is 0 Å². The molecule has 1 unspecified atom stereocenters. The highest BCUT2D eigenvalue weighted by Crippen LogP contribution is 2.19.